The van der Waals surface area contributed by atoms with Crippen molar-refractivity contribution in [2.75, 3.05) is 0 Å². The zero-order valence-corrected chi connectivity index (χ0v) is 14.5. The van der Waals surface area contributed by atoms with Crippen molar-refractivity contribution in [3.8, 4) is 0 Å². The van der Waals surface area contributed by atoms with E-state index in [0.29, 0.717) is 23.7 Å². The van der Waals surface area contributed by atoms with Crippen molar-refractivity contribution in [3.05, 3.63) is 24.3 Å². The van der Waals surface area contributed by atoms with Gasteiger partial charge in [-0.2, -0.15) is 0 Å². The molecule has 2 heteroatoms. The Kier molecular flexibility index (Phi) is 3.85. The Morgan fingerprint density at radius 3 is 2.59 bits per heavy atom. The lowest BCUT2D eigenvalue weighted by molar-refractivity contribution is -0.186. The van der Waals surface area contributed by atoms with E-state index < -0.39 is 0 Å². The molecule has 0 aromatic carbocycles. The average molecular weight is 304 g/mol. The number of hydrogen-bond donors (Lipinski definition) is 2. The van der Waals surface area contributed by atoms with Gasteiger partial charge in [-0.1, -0.05) is 46.4 Å². The van der Waals surface area contributed by atoms with Gasteiger partial charge in [-0.25, -0.2) is 0 Å². The smallest absolute Gasteiger partial charge is 0.0594 e. The summed E-state index contributed by atoms with van der Waals surface area (Å²) in [4.78, 5) is 0. The summed E-state index contributed by atoms with van der Waals surface area (Å²) >= 11 is 0. The topological polar surface area (TPSA) is 40.5 Å². The average Bonchev–Trinajstić information content (AvgIpc) is 2.47. The molecule has 0 spiro atoms. The Bertz CT molecular complexity index is 492. The first-order chi connectivity index (χ1) is 10.2. The molecule has 3 rings (SSSR count). The van der Waals surface area contributed by atoms with Crippen LogP contribution in [-0.4, -0.2) is 22.4 Å². The highest BCUT2D eigenvalue weighted by Crippen LogP contribution is 2.64. The van der Waals surface area contributed by atoms with Gasteiger partial charge in [0.15, 0.2) is 0 Å². The minimum atomic E-state index is -0.258. The van der Waals surface area contributed by atoms with E-state index in [-0.39, 0.29) is 23.0 Å². The third-order valence-electron chi connectivity index (χ3n) is 7.69. The molecule has 2 saturated carbocycles. The minimum absolute atomic E-state index is 0.107. The molecule has 0 radical (unpaired) electrons. The molecule has 22 heavy (non-hydrogen) atoms. The molecular weight excluding hydrogens is 272 g/mol. The fourth-order valence-corrected chi connectivity index (χ4v) is 6.25. The fraction of sp³-hybridized carbons (Fsp3) is 0.800. The second-order valence-electron chi connectivity index (χ2n) is 8.85. The van der Waals surface area contributed by atoms with E-state index in [1.807, 2.05) is 6.08 Å². The van der Waals surface area contributed by atoms with Crippen LogP contribution in [0.2, 0.25) is 0 Å². The van der Waals surface area contributed by atoms with Gasteiger partial charge in [-0.3, -0.25) is 0 Å². The molecule has 124 valence electrons. The molecule has 2 fully saturated rings. The summed E-state index contributed by atoms with van der Waals surface area (Å²) in [6.07, 6.45) is 7.67. The van der Waals surface area contributed by atoms with Crippen molar-refractivity contribution < 1.29 is 10.2 Å². The molecule has 0 saturated heterocycles. The lowest BCUT2D eigenvalue weighted by Crippen LogP contribution is -2.60. The van der Waals surface area contributed by atoms with E-state index in [0.717, 1.165) is 25.7 Å². The Hall–Kier alpha value is -0.600. The molecule has 2 nitrogen and oxygen atoms in total. The SMILES string of the molecule is C=CC1=CCC2C(C(O)CC3C(C)(C)C(O)CCC23C)C1C. The number of aliphatic hydroxyl groups is 2. The summed E-state index contributed by atoms with van der Waals surface area (Å²) in [7, 11) is 0. The molecule has 2 N–H and O–H groups in total. The van der Waals surface area contributed by atoms with E-state index in [1.165, 1.54) is 5.57 Å². The van der Waals surface area contributed by atoms with E-state index in [9.17, 15) is 10.2 Å². The maximum atomic E-state index is 10.9. The lowest BCUT2D eigenvalue weighted by Gasteiger charge is -2.63. The van der Waals surface area contributed by atoms with E-state index >= 15 is 0 Å². The van der Waals surface area contributed by atoms with Gasteiger partial charge in [0.2, 0.25) is 0 Å². The highest BCUT2D eigenvalue weighted by Gasteiger charge is 2.60. The van der Waals surface area contributed by atoms with E-state index in [4.69, 9.17) is 0 Å². The van der Waals surface area contributed by atoms with Crippen molar-refractivity contribution in [3.63, 3.8) is 0 Å². The van der Waals surface area contributed by atoms with Crippen LogP contribution in [-0.2, 0) is 0 Å². The van der Waals surface area contributed by atoms with Crippen LogP contribution in [0, 0.1) is 34.5 Å². The van der Waals surface area contributed by atoms with Crippen molar-refractivity contribution in [2.45, 2.75) is 65.6 Å². The molecule has 3 aliphatic carbocycles. The Morgan fingerprint density at radius 1 is 1.27 bits per heavy atom. The third-order valence-corrected chi connectivity index (χ3v) is 7.69. The minimum Gasteiger partial charge on any atom is -0.393 e. The van der Waals surface area contributed by atoms with Gasteiger partial charge >= 0.3 is 0 Å². The summed E-state index contributed by atoms with van der Waals surface area (Å²) in [5.74, 6) is 1.64. The normalized spacial score (nSPS) is 50.5. The summed E-state index contributed by atoms with van der Waals surface area (Å²) < 4.78 is 0. The summed E-state index contributed by atoms with van der Waals surface area (Å²) in [6.45, 7) is 13.0. The van der Waals surface area contributed by atoms with E-state index in [1.54, 1.807) is 0 Å². The zero-order valence-electron chi connectivity index (χ0n) is 14.5. The van der Waals surface area contributed by atoms with Gasteiger partial charge in [0.05, 0.1) is 12.2 Å². The van der Waals surface area contributed by atoms with Crippen LogP contribution in [0.5, 0.6) is 0 Å². The molecule has 7 atom stereocenters. The fourth-order valence-electron chi connectivity index (χ4n) is 6.25. The van der Waals surface area contributed by atoms with Gasteiger partial charge < -0.3 is 10.2 Å². The van der Waals surface area contributed by atoms with Crippen LogP contribution in [0.1, 0.15) is 53.4 Å². The second kappa shape index (κ2) is 5.21. The first-order valence-corrected chi connectivity index (χ1v) is 8.92. The maximum Gasteiger partial charge on any atom is 0.0594 e. The van der Waals surface area contributed by atoms with Gasteiger partial charge in [0, 0.05) is 0 Å². The van der Waals surface area contributed by atoms with Crippen LogP contribution in [0.15, 0.2) is 24.3 Å². The van der Waals surface area contributed by atoms with Gasteiger partial charge in [0.25, 0.3) is 0 Å². The highest BCUT2D eigenvalue weighted by atomic mass is 16.3. The monoisotopic (exact) mass is 304 g/mol. The van der Waals surface area contributed by atoms with Crippen molar-refractivity contribution in [1.29, 1.82) is 0 Å². The van der Waals surface area contributed by atoms with Crippen LogP contribution in [0.25, 0.3) is 0 Å². The van der Waals surface area contributed by atoms with Gasteiger partial charge in [0.1, 0.15) is 0 Å². The molecule has 0 amide bonds. The molecule has 7 unspecified atom stereocenters. The van der Waals surface area contributed by atoms with Crippen molar-refractivity contribution >= 4 is 0 Å². The zero-order chi connectivity index (χ0) is 16.3. The number of fused-ring (bicyclic) bond motifs is 3. The Labute approximate surface area is 135 Å². The number of allylic oxidation sites excluding steroid dienone is 3. The standard InChI is InChI=1S/C20H32O2/c1-6-13-7-8-14-18(12(13)2)15(21)11-16-19(3,4)17(22)9-10-20(14,16)5/h6-7,12,14-18,21-22H,1,8-11H2,2-5H3. The molecule has 0 aromatic heterocycles. The van der Waals surface area contributed by atoms with Crippen LogP contribution in [0.4, 0.5) is 0 Å². The van der Waals surface area contributed by atoms with Crippen LogP contribution in [0.3, 0.4) is 0 Å². The Morgan fingerprint density at radius 2 is 1.95 bits per heavy atom. The molecule has 0 aromatic rings. The number of hydrogen-bond acceptors (Lipinski definition) is 2. The Balaban J connectivity index is 2.02. The largest absolute Gasteiger partial charge is 0.393 e. The summed E-state index contributed by atoms with van der Waals surface area (Å²) in [5, 5.41) is 21.4. The van der Waals surface area contributed by atoms with E-state index in [2.05, 4.69) is 40.3 Å². The summed E-state index contributed by atoms with van der Waals surface area (Å²) in [5.41, 5.74) is 1.42. The highest BCUT2D eigenvalue weighted by molar-refractivity contribution is 5.26. The lowest BCUT2D eigenvalue weighted by atomic mass is 9.43. The molecule has 0 bridgehead atoms. The maximum absolute atomic E-state index is 10.9. The molecule has 0 heterocycles. The summed E-state index contributed by atoms with van der Waals surface area (Å²) in [6, 6.07) is 0. The second-order valence-corrected chi connectivity index (χ2v) is 8.85. The number of rotatable bonds is 1. The predicted molar refractivity (Wildman–Crippen MR) is 90.3 cm³/mol. The first kappa shape index (κ1) is 16.3. The molecular formula is C20H32O2. The van der Waals surface area contributed by atoms with Crippen LogP contribution >= 0.6 is 0 Å². The molecule has 0 aliphatic heterocycles. The van der Waals surface area contributed by atoms with Crippen molar-refractivity contribution in [1.82, 2.24) is 0 Å². The van der Waals surface area contributed by atoms with Crippen molar-refractivity contribution in [2.24, 2.45) is 34.5 Å². The predicted octanol–water partition coefficient (Wildman–Crippen LogP) is 3.94. The quantitative estimate of drug-likeness (QED) is 0.770. The van der Waals surface area contributed by atoms with Gasteiger partial charge in [-0.15, -0.1) is 0 Å². The van der Waals surface area contributed by atoms with Crippen LogP contribution < -0.4 is 0 Å². The third kappa shape index (κ3) is 2.06. The molecule has 3 aliphatic rings. The van der Waals surface area contributed by atoms with Gasteiger partial charge in [-0.05, 0) is 65.8 Å². The first-order valence-electron chi connectivity index (χ1n) is 8.92. The number of aliphatic hydroxyl groups excluding tert-OH is 2.